The van der Waals surface area contributed by atoms with Crippen LogP contribution in [0.15, 0.2) is 78.2 Å². The second kappa shape index (κ2) is 12.3. The highest BCUT2D eigenvalue weighted by molar-refractivity contribution is 6.30. The Hall–Kier alpha value is -3.95. The summed E-state index contributed by atoms with van der Waals surface area (Å²) in [7, 11) is 0. The molecular formula is C30H29ClN2O4. The van der Waals surface area contributed by atoms with Gasteiger partial charge in [-0.1, -0.05) is 68.5 Å². The molecule has 190 valence electrons. The number of carbonyl (C=O) groups is 1. The molecule has 3 aromatic carbocycles. The molecule has 6 nitrogen and oxygen atoms in total. The maximum absolute atomic E-state index is 12.5. The van der Waals surface area contributed by atoms with Gasteiger partial charge in [0.1, 0.15) is 28.9 Å². The van der Waals surface area contributed by atoms with Crippen molar-refractivity contribution >= 4 is 17.6 Å². The number of rotatable bonds is 10. The Morgan fingerprint density at radius 3 is 2.51 bits per heavy atom. The van der Waals surface area contributed by atoms with Crippen molar-refractivity contribution in [3.8, 4) is 23.3 Å². The standard InChI is InChI=1S/C30H29ClN2O4/c1-2-3-4-5-6-16-35-23-12-10-20(11-13-23)28-25-15-14-24(18-27(25)37-29(33)26(28)19-32)36-30(34)21-8-7-9-22(31)17-21/h7-15,17-18,28H,2-6,16,33H2,1H3. The fraction of sp³-hybridized carbons (Fsp3) is 0.267. The molecule has 0 amide bonds. The predicted octanol–water partition coefficient (Wildman–Crippen LogP) is 7.13. The first-order valence-electron chi connectivity index (χ1n) is 12.4. The fourth-order valence-corrected chi connectivity index (χ4v) is 4.47. The number of nitriles is 1. The molecule has 1 atom stereocenters. The first-order chi connectivity index (χ1) is 18.0. The van der Waals surface area contributed by atoms with Crippen molar-refractivity contribution in [2.75, 3.05) is 6.61 Å². The number of halogens is 1. The van der Waals surface area contributed by atoms with Crippen LogP contribution in [0.25, 0.3) is 0 Å². The number of unbranched alkanes of at least 4 members (excludes halogenated alkanes) is 4. The van der Waals surface area contributed by atoms with Crippen LogP contribution in [0.3, 0.4) is 0 Å². The Labute approximate surface area is 222 Å². The van der Waals surface area contributed by atoms with E-state index in [9.17, 15) is 10.1 Å². The van der Waals surface area contributed by atoms with Crippen LogP contribution in [0, 0.1) is 11.3 Å². The number of nitrogens with two attached hydrogens (primary N) is 1. The third-order valence-electron chi connectivity index (χ3n) is 6.19. The van der Waals surface area contributed by atoms with E-state index in [1.807, 2.05) is 24.3 Å². The van der Waals surface area contributed by atoms with Crippen LogP contribution in [-0.2, 0) is 0 Å². The number of hydrogen-bond donors (Lipinski definition) is 1. The summed E-state index contributed by atoms with van der Waals surface area (Å²) in [6.07, 6.45) is 5.89. The van der Waals surface area contributed by atoms with Crippen molar-refractivity contribution < 1.29 is 19.0 Å². The van der Waals surface area contributed by atoms with Gasteiger partial charge in [0, 0.05) is 16.7 Å². The lowest BCUT2D eigenvalue weighted by Crippen LogP contribution is -2.21. The van der Waals surface area contributed by atoms with Crippen molar-refractivity contribution in [1.82, 2.24) is 0 Å². The van der Waals surface area contributed by atoms with Crippen LogP contribution in [0.5, 0.6) is 17.2 Å². The van der Waals surface area contributed by atoms with Crippen LogP contribution in [-0.4, -0.2) is 12.6 Å². The molecule has 37 heavy (non-hydrogen) atoms. The van der Waals surface area contributed by atoms with E-state index >= 15 is 0 Å². The van der Waals surface area contributed by atoms with Gasteiger partial charge in [-0.3, -0.25) is 0 Å². The van der Waals surface area contributed by atoms with Gasteiger partial charge in [0.25, 0.3) is 0 Å². The average molecular weight is 517 g/mol. The minimum absolute atomic E-state index is 0.0192. The molecule has 0 spiro atoms. The van der Waals surface area contributed by atoms with Crippen molar-refractivity contribution in [2.24, 2.45) is 5.73 Å². The van der Waals surface area contributed by atoms with Crippen LogP contribution in [0.1, 0.15) is 66.4 Å². The summed E-state index contributed by atoms with van der Waals surface area (Å²) in [6, 6.07) is 21.4. The monoisotopic (exact) mass is 516 g/mol. The fourth-order valence-electron chi connectivity index (χ4n) is 4.28. The van der Waals surface area contributed by atoms with Crippen molar-refractivity contribution in [3.05, 3.63) is 99.9 Å². The van der Waals surface area contributed by atoms with Gasteiger partial charge >= 0.3 is 5.97 Å². The molecule has 0 aliphatic carbocycles. The maximum Gasteiger partial charge on any atom is 0.343 e. The van der Waals surface area contributed by atoms with Gasteiger partial charge in [-0.25, -0.2) is 4.79 Å². The number of nitrogens with zero attached hydrogens (tertiary/aromatic N) is 1. The molecule has 7 heteroatoms. The molecule has 1 aliphatic rings. The Balaban J connectivity index is 1.51. The summed E-state index contributed by atoms with van der Waals surface area (Å²) < 4.78 is 17.2. The second-order valence-electron chi connectivity index (χ2n) is 8.86. The van der Waals surface area contributed by atoms with Gasteiger partial charge in [-0.2, -0.15) is 5.26 Å². The van der Waals surface area contributed by atoms with E-state index in [4.69, 9.17) is 31.5 Å². The highest BCUT2D eigenvalue weighted by atomic mass is 35.5. The van der Waals surface area contributed by atoms with Gasteiger partial charge in [0.15, 0.2) is 0 Å². The molecule has 0 bridgehead atoms. The predicted molar refractivity (Wildman–Crippen MR) is 143 cm³/mol. The molecule has 1 heterocycles. The van der Waals surface area contributed by atoms with E-state index in [1.54, 1.807) is 36.4 Å². The topological polar surface area (TPSA) is 94.6 Å². The lowest BCUT2D eigenvalue weighted by molar-refractivity contribution is 0.0734. The number of hydrogen-bond acceptors (Lipinski definition) is 6. The number of carbonyl (C=O) groups excluding carboxylic acids is 1. The summed E-state index contributed by atoms with van der Waals surface area (Å²) in [5.74, 6) is 0.547. The maximum atomic E-state index is 12.5. The van der Waals surface area contributed by atoms with E-state index in [-0.39, 0.29) is 5.88 Å². The second-order valence-corrected chi connectivity index (χ2v) is 9.29. The van der Waals surface area contributed by atoms with E-state index in [0.29, 0.717) is 34.3 Å². The zero-order chi connectivity index (χ0) is 26.2. The molecule has 0 saturated heterocycles. The van der Waals surface area contributed by atoms with Gasteiger partial charge in [0.05, 0.1) is 18.1 Å². The summed E-state index contributed by atoms with van der Waals surface area (Å²) in [5.41, 5.74) is 8.40. The number of esters is 1. The highest BCUT2D eigenvalue weighted by Gasteiger charge is 2.31. The molecule has 3 aromatic rings. The molecule has 0 saturated carbocycles. The number of benzene rings is 3. The zero-order valence-corrected chi connectivity index (χ0v) is 21.5. The minimum atomic E-state index is -0.544. The summed E-state index contributed by atoms with van der Waals surface area (Å²) >= 11 is 5.98. The van der Waals surface area contributed by atoms with Crippen LogP contribution in [0.2, 0.25) is 5.02 Å². The molecule has 2 N–H and O–H groups in total. The SMILES string of the molecule is CCCCCCCOc1ccc(C2C(C#N)=C(N)Oc3cc(OC(=O)c4cccc(Cl)c4)ccc32)cc1. The average Bonchev–Trinajstić information content (AvgIpc) is 2.90. The Kier molecular flexibility index (Phi) is 8.71. The molecule has 0 aromatic heterocycles. The van der Waals surface area contributed by atoms with E-state index in [1.165, 1.54) is 25.3 Å². The smallest absolute Gasteiger partial charge is 0.343 e. The minimum Gasteiger partial charge on any atom is -0.494 e. The Bertz CT molecular complexity index is 1330. The Morgan fingerprint density at radius 1 is 1.03 bits per heavy atom. The largest absolute Gasteiger partial charge is 0.494 e. The number of fused-ring (bicyclic) bond motifs is 1. The lowest BCUT2D eigenvalue weighted by Gasteiger charge is -2.26. The lowest BCUT2D eigenvalue weighted by atomic mass is 9.83. The van der Waals surface area contributed by atoms with Crippen LogP contribution >= 0.6 is 11.6 Å². The van der Waals surface area contributed by atoms with E-state index in [2.05, 4.69) is 13.0 Å². The zero-order valence-electron chi connectivity index (χ0n) is 20.7. The third kappa shape index (κ3) is 6.44. The molecule has 1 aliphatic heterocycles. The highest BCUT2D eigenvalue weighted by Crippen LogP contribution is 2.43. The summed E-state index contributed by atoms with van der Waals surface area (Å²) in [6.45, 7) is 2.88. The summed E-state index contributed by atoms with van der Waals surface area (Å²) in [5, 5.41) is 10.3. The van der Waals surface area contributed by atoms with Crippen LogP contribution < -0.4 is 19.9 Å². The summed E-state index contributed by atoms with van der Waals surface area (Å²) in [4.78, 5) is 12.5. The number of ether oxygens (including phenoxy) is 3. The molecule has 1 unspecified atom stereocenters. The van der Waals surface area contributed by atoms with Crippen molar-refractivity contribution in [1.29, 1.82) is 5.26 Å². The van der Waals surface area contributed by atoms with Gasteiger partial charge in [-0.15, -0.1) is 0 Å². The van der Waals surface area contributed by atoms with Crippen LogP contribution in [0.4, 0.5) is 0 Å². The first-order valence-corrected chi connectivity index (χ1v) is 12.8. The third-order valence-corrected chi connectivity index (χ3v) is 6.43. The van der Waals surface area contributed by atoms with Crippen molar-refractivity contribution in [3.63, 3.8) is 0 Å². The van der Waals surface area contributed by atoms with Gasteiger partial charge < -0.3 is 19.9 Å². The van der Waals surface area contributed by atoms with E-state index in [0.717, 1.165) is 29.7 Å². The van der Waals surface area contributed by atoms with E-state index < -0.39 is 11.9 Å². The quantitative estimate of drug-likeness (QED) is 0.175. The molecular weight excluding hydrogens is 488 g/mol. The first kappa shape index (κ1) is 26.1. The molecule has 0 fully saturated rings. The molecule has 0 radical (unpaired) electrons. The molecule has 4 rings (SSSR count). The Morgan fingerprint density at radius 2 is 1.78 bits per heavy atom. The van der Waals surface area contributed by atoms with Gasteiger partial charge in [-0.05, 0) is 48.4 Å². The normalized spacial score (nSPS) is 14.4. The number of allylic oxidation sites excluding steroid dienone is 1. The van der Waals surface area contributed by atoms with Crippen molar-refractivity contribution in [2.45, 2.75) is 44.9 Å². The van der Waals surface area contributed by atoms with Gasteiger partial charge in [0.2, 0.25) is 5.88 Å².